The van der Waals surface area contributed by atoms with Crippen molar-refractivity contribution in [3.05, 3.63) is 76.6 Å². The first-order valence-electron chi connectivity index (χ1n) is 11.0. The molecule has 1 saturated heterocycles. The molecule has 9 heteroatoms. The molecule has 1 aliphatic heterocycles. The number of carbonyl (C=O) groups excluding carboxylic acids is 2. The Balaban J connectivity index is 1.43. The van der Waals surface area contributed by atoms with Crippen LogP contribution in [0, 0.1) is 0 Å². The highest BCUT2D eigenvalue weighted by Gasteiger charge is 2.35. The van der Waals surface area contributed by atoms with Crippen LogP contribution in [-0.4, -0.2) is 43.8 Å². The molecule has 0 radical (unpaired) electrons. The van der Waals surface area contributed by atoms with Crippen LogP contribution in [0.1, 0.15) is 47.6 Å². The molecule has 33 heavy (non-hydrogen) atoms. The molecule has 1 unspecified atom stereocenters. The van der Waals surface area contributed by atoms with E-state index in [-0.39, 0.29) is 23.6 Å². The standard InChI is InChI=1S/C24H26ClN5O2S/c1-2-29-22(20-13-8-14-30(20)23(32)18-11-6-7-12-19(18)25)27-28-24(29)33-16-21(31)26-15-17-9-4-3-5-10-17/h3-7,9-12,20H,2,8,13-16H2,1H3,(H,26,31). The number of carbonyl (C=O) groups is 2. The highest BCUT2D eigenvalue weighted by atomic mass is 35.5. The van der Waals surface area contributed by atoms with Crippen LogP contribution in [-0.2, 0) is 17.9 Å². The molecule has 3 aromatic rings. The van der Waals surface area contributed by atoms with Crippen molar-refractivity contribution in [3.8, 4) is 0 Å². The van der Waals surface area contributed by atoms with Gasteiger partial charge in [-0.2, -0.15) is 0 Å². The van der Waals surface area contributed by atoms with Gasteiger partial charge < -0.3 is 14.8 Å². The molecule has 172 valence electrons. The van der Waals surface area contributed by atoms with E-state index < -0.39 is 0 Å². The first-order valence-corrected chi connectivity index (χ1v) is 12.4. The largest absolute Gasteiger partial charge is 0.351 e. The second-order valence-electron chi connectivity index (χ2n) is 7.77. The van der Waals surface area contributed by atoms with Gasteiger partial charge in [0.05, 0.1) is 22.4 Å². The van der Waals surface area contributed by atoms with E-state index in [1.807, 2.05) is 58.9 Å². The van der Waals surface area contributed by atoms with Crippen LogP contribution in [0.3, 0.4) is 0 Å². The average Bonchev–Trinajstić information content (AvgIpc) is 3.48. The summed E-state index contributed by atoms with van der Waals surface area (Å²) in [5.41, 5.74) is 1.55. The van der Waals surface area contributed by atoms with E-state index in [0.717, 1.165) is 24.2 Å². The van der Waals surface area contributed by atoms with E-state index in [2.05, 4.69) is 15.5 Å². The lowest BCUT2D eigenvalue weighted by Crippen LogP contribution is -2.32. The van der Waals surface area contributed by atoms with Crippen LogP contribution in [0.25, 0.3) is 0 Å². The Morgan fingerprint density at radius 1 is 1.12 bits per heavy atom. The second-order valence-corrected chi connectivity index (χ2v) is 9.12. The molecule has 7 nitrogen and oxygen atoms in total. The number of nitrogens with one attached hydrogen (secondary N) is 1. The van der Waals surface area contributed by atoms with E-state index in [1.165, 1.54) is 11.8 Å². The fourth-order valence-corrected chi connectivity index (χ4v) is 5.05. The number of amides is 2. The SMILES string of the molecule is CCn1c(SCC(=O)NCc2ccccc2)nnc1C1CCCN1C(=O)c1ccccc1Cl. The summed E-state index contributed by atoms with van der Waals surface area (Å²) in [5.74, 6) is 0.844. The van der Waals surface area contributed by atoms with E-state index in [9.17, 15) is 9.59 Å². The minimum Gasteiger partial charge on any atom is -0.351 e. The Labute approximate surface area is 202 Å². The Bertz CT molecular complexity index is 1120. The predicted octanol–water partition coefficient (Wildman–Crippen LogP) is 4.34. The van der Waals surface area contributed by atoms with Gasteiger partial charge in [-0.05, 0) is 37.5 Å². The molecule has 1 atom stereocenters. The lowest BCUT2D eigenvalue weighted by atomic mass is 10.1. The van der Waals surface area contributed by atoms with Crippen molar-refractivity contribution < 1.29 is 9.59 Å². The Hall–Kier alpha value is -2.84. The molecular weight excluding hydrogens is 458 g/mol. The topological polar surface area (TPSA) is 80.1 Å². The number of hydrogen-bond donors (Lipinski definition) is 1. The van der Waals surface area contributed by atoms with Gasteiger partial charge in [0.2, 0.25) is 5.91 Å². The average molecular weight is 484 g/mol. The van der Waals surface area contributed by atoms with E-state index in [1.54, 1.807) is 12.1 Å². The van der Waals surface area contributed by atoms with E-state index >= 15 is 0 Å². The lowest BCUT2D eigenvalue weighted by molar-refractivity contribution is -0.118. The summed E-state index contributed by atoms with van der Waals surface area (Å²) < 4.78 is 2.00. The van der Waals surface area contributed by atoms with Crippen LogP contribution >= 0.6 is 23.4 Å². The highest BCUT2D eigenvalue weighted by Crippen LogP contribution is 2.34. The number of thioether (sulfide) groups is 1. The molecular formula is C24H26ClN5O2S. The van der Waals surface area contributed by atoms with Gasteiger partial charge in [-0.1, -0.05) is 65.8 Å². The zero-order valence-electron chi connectivity index (χ0n) is 18.4. The van der Waals surface area contributed by atoms with Crippen molar-refractivity contribution in [3.63, 3.8) is 0 Å². The molecule has 0 aliphatic carbocycles. The summed E-state index contributed by atoms with van der Waals surface area (Å²) in [4.78, 5) is 27.3. The molecule has 4 rings (SSSR count). The van der Waals surface area contributed by atoms with Crippen molar-refractivity contribution in [2.24, 2.45) is 0 Å². The Morgan fingerprint density at radius 2 is 1.88 bits per heavy atom. The zero-order chi connectivity index (χ0) is 23.2. The number of rotatable bonds is 8. The Morgan fingerprint density at radius 3 is 2.64 bits per heavy atom. The third kappa shape index (κ3) is 5.39. The number of halogens is 1. The Kier molecular flexibility index (Phi) is 7.67. The van der Waals surface area contributed by atoms with Gasteiger partial charge in [0.25, 0.3) is 5.91 Å². The smallest absolute Gasteiger partial charge is 0.255 e. The number of nitrogens with zero attached hydrogens (tertiary/aromatic N) is 4. The molecule has 2 amide bonds. The van der Waals surface area contributed by atoms with Gasteiger partial charge in [0.15, 0.2) is 11.0 Å². The van der Waals surface area contributed by atoms with Gasteiger partial charge >= 0.3 is 0 Å². The van der Waals surface area contributed by atoms with E-state index in [4.69, 9.17) is 11.6 Å². The summed E-state index contributed by atoms with van der Waals surface area (Å²) >= 11 is 7.62. The third-order valence-corrected chi connectivity index (χ3v) is 6.94. The molecule has 1 N–H and O–H groups in total. The van der Waals surface area contributed by atoms with Gasteiger partial charge in [-0.3, -0.25) is 9.59 Å². The van der Waals surface area contributed by atoms with Gasteiger partial charge in [0.1, 0.15) is 0 Å². The summed E-state index contributed by atoms with van der Waals surface area (Å²) in [6, 6.07) is 16.7. The maximum absolute atomic E-state index is 13.2. The fourth-order valence-electron chi connectivity index (χ4n) is 4.00. The van der Waals surface area contributed by atoms with Crippen molar-refractivity contribution >= 4 is 35.2 Å². The van der Waals surface area contributed by atoms with Crippen molar-refractivity contribution in [2.45, 2.75) is 44.1 Å². The molecule has 1 aliphatic rings. The highest BCUT2D eigenvalue weighted by molar-refractivity contribution is 7.99. The van der Waals surface area contributed by atoms with Crippen molar-refractivity contribution in [1.29, 1.82) is 0 Å². The third-order valence-electron chi connectivity index (χ3n) is 5.64. The molecule has 1 aromatic heterocycles. The van der Waals surface area contributed by atoms with E-state index in [0.29, 0.717) is 35.4 Å². The van der Waals surface area contributed by atoms with Crippen molar-refractivity contribution in [2.75, 3.05) is 12.3 Å². The summed E-state index contributed by atoms with van der Waals surface area (Å²) in [6.45, 7) is 3.81. The maximum atomic E-state index is 13.2. The summed E-state index contributed by atoms with van der Waals surface area (Å²) in [6.07, 6.45) is 1.71. The first kappa shape index (κ1) is 23.3. The second kappa shape index (κ2) is 10.9. The van der Waals surface area contributed by atoms with Crippen LogP contribution in [0.4, 0.5) is 0 Å². The molecule has 0 spiro atoms. The van der Waals surface area contributed by atoms with Gasteiger partial charge in [-0.25, -0.2) is 0 Å². The summed E-state index contributed by atoms with van der Waals surface area (Å²) in [5, 5.41) is 12.8. The van der Waals surface area contributed by atoms with Crippen LogP contribution in [0.15, 0.2) is 59.8 Å². The monoisotopic (exact) mass is 483 g/mol. The minimum absolute atomic E-state index is 0.0625. The molecule has 2 aromatic carbocycles. The molecule has 2 heterocycles. The zero-order valence-corrected chi connectivity index (χ0v) is 20.0. The summed E-state index contributed by atoms with van der Waals surface area (Å²) in [7, 11) is 0. The lowest BCUT2D eigenvalue weighted by Gasteiger charge is -2.25. The number of likely N-dealkylation sites (tertiary alicyclic amines) is 1. The van der Waals surface area contributed by atoms with Crippen LogP contribution in [0.5, 0.6) is 0 Å². The maximum Gasteiger partial charge on any atom is 0.255 e. The number of aromatic nitrogens is 3. The molecule has 0 saturated carbocycles. The van der Waals surface area contributed by atoms with Gasteiger partial charge in [-0.15, -0.1) is 10.2 Å². The molecule has 0 bridgehead atoms. The van der Waals surface area contributed by atoms with Crippen LogP contribution in [0.2, 0.25) is 5.02 Å². The first-order chi connectivity index (χ1) is 16.1. The molecule has 1 fully saturated rings. The quantitative estimate of drug-likeness (QED) is 0.482. The van der Waals surface area contributed by atoms with Gasteiger partial charge in [0, 0.05) is 19.6 Å². The number of benzene rings is 2. The van der Waals surface area contributed by atoms with Crippen molar-refractivity contribution in [1.82, 2.24) is 25.0 Å². The van der Waals surface area contributed by atoms with Crippen LogP contribution < -0.4 is 5.32 Å². The predicted molar refractivity (Wildman–Crippen MR) is 129 cm³/mol. The fraction of sp³-hybridized carbons (Fsp3) is 0.333. The normalized spacial score (nSPS) is 15.6. The minimum atomic E-state index is -0.164. The number of hydrogen-bond acceptors (Lipinski definition) is 5.